The third-order valence-electron chi connectivity index (χ3n) is 3.06. The largest absolute Gasteiger partial charge is 0.386 e. The molecule has 0 aliphatic heterocycles. The molecule has 0 fully saturated rings. The van der Waals surface area contributed by atoms with E-state index in [0.717, 1.165) is 15.6 Å². The van der Waals surface area contributed by atoms with Crippen LogP contribution < -0.4 is 5.32 Å². The number of H-pyrrole nitrogens is 1. The van der Waals surface area contributed by atoms with Gasteiger partial charge in [0.15, 0.2) is 0 Å². The maximum Gasteiger partial charge on any atom is 0.128 e. The molecule has 4 nitrogen and oxygen atoms in total. The van der Waals surface area contributed by atoms with Crippen molar-refractivity contribution in [1.29, 1.82) is 0 Å². The Hall–Kier alpha value is -1.18. The lowest BCUT2D eigenvalue weighted by Gasteiger charge is -2.17. The highest BCUT2D eigenvalue weighted by Crippen LogP contribution is 2.28. The maximum atomic E-state index is 10.2. The predicted octanol–water partition coefficient (Wildman–Crippen LogP) is 3.60. The van der Waals surface area contributed by atoms with E-state index in [-0.39, 0.29) is 6.04 Å². The Morgan fingerprint density at radius 2 is 2.24 bits per heavy atom. The monoisotopic (exact) mass is 339 g/mol. The van der Waals surface area contributed by atoms with E-state index in [1.54, 1.807) is 29.8 Å². The summed E-state index contributed by atoms with van der Waals surface area (Å²) < 4.78 is 0.685. The zero-order chi connectivity index (χ0) is 14.7. The first-order valence-electron chi connectivity index (χ1n) is 6.43. The number of imidazole rings is 1. The van der Waals surface area contributed by atoms with Gasteiger partial charge in [0.25, 0.3) is 0 Å². The second-order valence-electron chi connectivity index (χ2n) is 4.49. The van der Waals surface area contributed by atoms with Gasteiger partial charge in [0.1, 0.15) is 18.0 Å². The molecule has 3 aromatic rings. The zero-order valence-electron chi connectivity index (χ0n) is 11.0. The minimum Gasteiger partial charge on any atom is -0.386 e. The number of aromatic nitrogens is 2. The summed E-state index contributed by atoms with van der Waals surface area (Å²) in [5.41, 5.74) is 0. The summed E-state index contributed by atoms with van der Waals surface area (Å²) in [6.07, 6.45) is 2.94. The number of nitrogens with zero attached hydrogens (tertiary/aromatic N) is 1. The topological polar surface area (TPSA) is 60.9 Å². The Kier molecular flexibility index (Phi) is 4.72. The van der Waals surface area contributed by atoms with Gasteiger partial charge in [-0.1, -0.05) is 17.7 Å². The lowest BCUT2D eigenvalue weighted by atomic mass is 10.2. The van der Waals surface area contributed by atoms with Crippen LogP contribution in [0, 0.1) is 0 Å². The van der Waals surface area contributed by atoms with Gasteiger partial charge in [0, 0.05) is 28.7 Å². The first-order valence-corrected chi connectivity index (χ1v) is 8.51. The van der Waals surface area contributed by atoms with Gasteiger partial charge in [-0.05, 0) is 23.6 Å². The quantitative estimate of drug-likeness (QED) is 0.643. The Morgan fingerprint density at radius 1 is 1.33 bits per heavy atom. The van der Waals surface area contributed by atoms with Crippen LogP contribution in [0.25, 0.3) is 0 Å². The predicted molar refractivity (Wildman–Crippen MR) is 87.0 cm³/mol. The molecular formula is C14H14ClN3OS2. The summed E-state index contributed by atoms with van der Waals surface area (Å²) in [5, 5.41) is 15.6. The number of aliphatic hydroxyl groups excluding tert-OH is 1. The summed E-state index contributed by atoms with van der Waals surface area (Å²) >= 11 is 8.96. The zero-order valence-corrected chi connectivity index (χ0v) is 13.4. The van der Waals surface area contributed by atoms with Crippen molar-refractivity contribution in [2.75, 3.05) is 6.54 Å². The van der Waals surface area contributed by atoms with Gasteiger partial charge in [-0.3, -0.25) is 0 Å². The van der Waals surface area contributed by atoms with Crippen molar-refractivity contribution in [2.24, 2.45) is 0 Å². The van der Waals surface area contributed by atoms with Gasteiger partial charge in [0.2, 0.25) is 0 Å². The number of halogens is 1. The second kappa shape index (κ2) is 6.72. The van der Waals surface area contributed by atoms with Gasteiger partial charge < -0.3 is 15.4 Å². The van der Waals surface area contributed by atoms with Crippen LogP contribution in [0.4, 0.5) is 0 Å². The normalized spacial score (nSPS) is 14.2. The van der Waals surface area contributed by atoms with E-state index in [2.05, 4.69) is 21.4 Å². The molecule has 0 spiro atoms. The van der Waals surface area contributed by atoms with Gasteiger partial charge in [-0.15, -0.1) is 22.7 Å². The lowest BCUT2D eigenvalue weighted by molar-refractivity contribution is 0.175. The molecule has 21 heavy (non-hydrogen) atoms. The Morgan fingerprint density at radius 3 is 2.86 bits per heavy atom. The highest BCUT2D eigenvalue weighted by molar-refractivity contribution is 7.16. The molecule has 0 aromatic carbocycles. The number of aliphatic hydroxyl groups is 1. The maximum absolute atomic E-state index is 10.2. The van der Waals surface area contributed by atoms with E-state index in [1.165, 1.54) is 11.3 Å². The van der Waals surface area contributed by atoms with E-state index >= 15 is 0 Å². The molecule has 0 aliphatic rings. The van der Waals surface area contributed by atoms with Gasteiger partial charge >= 0.3 is 0 Å². The summed E-state index contributed by atoms with van der Waals surface area (Å²) in [6, 6.07) is 7.66. The molecule has 0 amide bonds. The first-order chi connectivity index (χ1) is 10.2. The van der Waals surface area contributed by atoms with Crippen LogP contribution in [0.2, 0.25) is 4.34 Å². The fourth-order valence-electron chi connectivity index (χ4n) is 2.06. The Labute approximate surface area is 135 Å². The minimum atomic E-state index is -0.583. The molecule has 0 saturated heterocycles. The van der Waals surface area contributed by atoms with Crippen molar-refractivity contribution in [3.63, 3.8) is 0 Å². The van der Waals surface area contributed by atoms with Crippen molar-refractivity contribution < 1.29 is 5.11 Å². The van der Waals surface area contributed by atoms with Crippen molar-refractivity contribution in [3.05, 3.63) is 62.0 Å². The average Bonchev–Trinajstić information content (AvgIpc) is 3.21. The van der Waals surface area contributed by atoms with E-state index in [1.807, 2.05) is 17.5 Å². The molecule has 3 aromatic heterocycles. The minimum absolute atomic E-state index is 0.0508. The molecule has 0 unspecified atom stereocenters. The number of aromatic amines is 1. The van der Waals surface area contributed by atoms with E-state index in [0.29, 0.717) is 10.9 Å². The molecular weight excluding hydrogens is 326 g/mol. The SMILES string of the molecule is O[C@H](CN[C@H](c1ncc[nH]1)c1cccs1)c1ccc(Cl)s1. The summed E-state index contributed by atoms with van der Waals surface area (Å²) in [5.74, 6) is 0.842. The fourth-order valence-corrected chi connectivity index (χ4v) is 3.91. The average molecular weight is 340 g/mol. The summed E-state index contributed by atoms with van der Waals surface area (Å²) in [6.45, 7) is 0.431. The van der Waals surface area contributed by atoms with Crippen LogP contribution in [0.15, 0.2) is 42.0 Å². The smallest absolute Gasteiger partial charge is 0.128 e. The van der Waals surface area contributed by atoms with Crippen LogP contribution in [0.5, 0.6) is 0 Å². The molecule has 2 atom stereocenters. The van der Waals surface area contributed by atoms with Crippen molar-refractivity contribution in [2.45, 2.75) is 12.1 Å². The Balaban J connectivity index is 1.71. The molecule has 3 N–H and O–H groups in total. The second-order valence-corrected chi connectivity index (χ2v) is 7.21. The summed E-state index contributed by atoms with van der Waals surface area (Å²) in [7, 11) is 0. The van der Waals surface area contributed by atoms with E-state index in [4.69, 9.17) is 11.6 Å². The van der Waals surface area contributed by atoms with Crippen molar-refractivity contribution >= 4 is 34.3 Å². The van der Waals surface area contributed by atoms with Crippen LogP contribution >= 0.6 is 34.3 Å². The summed E-state index contributed by atoms with van der Waals surface area (Å²) in [4.78, 5) is 9.45. The fraction of sp³-hybridized carbons (Fsp3) is 0.214. The van der Waals surface area contributed by atoms with Gasteiger partial charge in [-0.2, -0.15) is 0 Å². The first kappa shape index (κ1) is 14.7. The van der Waals surface area contributed by atoms with Crippen molar-refractivity contribution in [1.82, 2.24) is 15.3 Å². The Bertz CT molecular complexity index is 632. The van der Waals surface area contributed by atoms with Gasteiger partial charge in [0.05, 0.1) is 4.34 Å². The third kappa shape index (κ3) is 3.53. The molecule has 0 radical (unpaired) electrons. The van der Waals surface area contributed by atoms with Crippen LogP contribution in [-0.4, -0.2) is 21.6 Å². The van der Waals surface area contributed by atoms with Crippen LogP contribution in [-0.2, 0) is 0 Å². The highest BCUT2D eigenvalue weighted by atomic mass is 35.5. The number of nitrogens with one attached hydrogen (secondary N) is 2. The molecule has 0 bridgehead atoms. The lowest BCUT2D eigenvalue weighted by Crippen LogP contribution is -2.27. The van der Waals surface area contributed by atoms with E-state index < -0.39 is 6.10 Å². The molecule has 0 saturated carbocycles. The van der Waals surface area contributed by atoms with Crippen molar-refractivity contribution in [3.8, 4) is 0 Å². The molecule has 110 valence electrons. The van der Waals surface area contributed by atoms with Gasteiger partial charge in [-0.25, -0.2) is 4.98 Å². The van der Waals surface area contributed by atoms with Crippen LogP contribution in [0.1, 0.15) is 27.7 Å². The number of rotatable bonds is 6. The molecule has 3 rings (SSSR count). The van der Waals surface area contributed by atoms with E-state index in [9.17, 15) is 5.11 Å². The number of hydrogen-bond acceptors (Lipinski definition) is 5. The number of thiophene rings is 2. The standard InChI is InChI=1S/C14H14ClN3OS2/c15-12-4-3-10(21-12)9(19)8-18-13(11-2-1-7-20-11)14-16-5-6-17-14/h1-7,9,13,18-19H,8H2,(H,16,17)/t9-,13+/m1/s1. The molecule has 3 heterocycles. The highest BCUT2D eigenvalue weighted by Gasteiger charge is 2.19. The molecule has 0 aliphatic carbocycles. The van der Waals surface area contributed by atoms with Crippen LogP contribution in [0.3, 0.4) is 0 Å². The number of hydrogen-bond donors (Lipinski definition) is 3. The third-order valence-corrected chi connectivity index (χ3v) is 5.33. The molecule has 7 heteroatoms.